The molecule has 0 saturated carbocycles. The standard InChI is InChI=1S/C22H21N5O3S/c28-21-19(31-22(29)24-21)13-17-4-5-20-23-14-18(27(20)25-17)16-3-1-2-15(12-16)6-7-26-8-10-30-11-9-26/h1-5,12-14H,6-11H2,(H,24,28,29). The van der Waals surface area contributed by atoms with Gasteiger partial charge in [-0.1, -0.05) is 18.2 Å². The first kappa shape index (κ1) is 19.9. The van der Waals surface area contributed by atoms with E-state index in [9.17, 15) is 9.59 Å². The summed E-state index contributed by atoms with van der Waals surface area (Å²) in [6, 6.07) is 12.1. The zero-order valence-corrected chi connectivity index (χ0v) is 17.6. The third kappa shape index (κ3) is 4.39. The van der Waals surface area contributed by atoms with Gasteiger partial charge in [-0.05, 0) is 48.0 Å². The van der Waals surface area contributed by atoms with Crippen LogP contribution in [0.2, 0.25) is 0 Å². The van der Waals surface area contributed by atoms with Crippen LogP contribution in [-0.2, 0) is 16.0 Å². The average molecular weight is 436 g/mol. The maximum Gasteiger partial charge on any atom is 0.290 e. The number of hydrogen-bond donors (Lipinski definition) is 1. The summed E-state index contributed by atoms with van der Waals surface area (Å²) in [7, 11) is 0. The number of nitrogens with zero attached hydrogens (tertiary/aromatic N) is 4. The van der Waals surface area contributed by atoms with E-state index in [1.807, 2.05) is 12.1 Å². The zero-order chi connectivity index (χ0) is 21.2. The van der Waals surface area contributed by atoms with Crippen LogP contribution in [0.25, 0.3) is 23.0 Å². The van der Waals surface area contributed by atoms with Gasteiger partial charge in [0.15, 0.2) is 5.65 Å². The van der Waals surface area contributed by atoms with Crippen molar-refractivity contribution in [2.75, 3.05) is 32.8 Å². The van der Waals surface area contributed by atoms with Crippen molar-refractivity contribution in [1.29, 1.82) is 0 Å². The Morgan fingerprint density at radius 1 is 1.16 bits per heavy atom. The van der Waals surface area contributed by atoms with Crippen LogP contribution < -0.4 is 5.32 Å². The summed E-state index contributed by atoms with van der Waals surface area (Å²) in [6.45, 7) is 4.59. The molecule has 2 aromatic heterocycles. The van der Waals surface area contributed by atoms with E-state index in [2.05, 4.69) is 38.5 Å². The van der Waals surface area contributed by atoms with Crippen LogP contribution in [0.4, 0.5) is 4.79 Å². The Labute approximate surface area is 183 Å². The van der Waals surface area contributed by atoms with Gasteiger partial charge in [-0.3, -0.25) is 19.8 Å². The lowest BCUT2D eigenvalue weighted by atomic mass is 10.1. The molecule has 3 aromatic rings. The summed E-state index contributed by atoms with van der Waals surface area (Å²) in [6.07, 6.45) is 4.39. The van der Waals surface area contributed by atoms with E-state index in [-0.39, 0.29) is 5.24 Å². The zero-order valence-electron chi connectivity index (χ0n) is 16.8. The van der Waals surface area contributed by atoms with E-state index < -0.39 is 5.91 Å². The summed E-state index contributed by atoms with van der Waals surface area (Å²) < 4.78 is 7.19. The summed E-state index contributed by atoms with van der Waals surface area (Å²) in [5.74, 6) is -0.393. The van der Waals surface area contributed by atoms with E-state index in [1.54, 1.807) is 22.9 Å². The van der Waals surface area contributed by atoms with Gasteiger partial charge in [-0.25, -0.2) is 9.50 Å². The molecule has 2 amide bonds. The Morgan fingerprint density at radius 2 is 2.03 bits per heavy atom. The number of thioether (sulfide) groups is 1. The first-order valence-corrected chi connectivity index (χ1v) is 11.0. The molecule has 0 unspecified atom stereocenters. The second-order valence-electron chi connectivity index (χ2n) is 7.43. The monoisotopic (exact) mass is 435 g/mol. The number of aromatic nitrogens is 3. The topological polar surface area (TPSA) is 88.8 Å². The second-order valence-corrected chi connectivity index (χ2v) is 8.44. The van der Waals surface area contributed by atoms with Crippen LogP contribution >= 0.6 is 11.8 Å². The van der Waals surface area contributed by atoms with Crippen LogP contribution in [0.5, 0.6) is 0 Å². The average Bonchev–Trinajstić information content (AvgIpc) is 3.35. The van der Waals surface area contributed by atoms with Crippen molar-refractivity contribution in [3.05, 3.63) is 58.8 Å². The molecule has 2 aliphatic heterocycles. The van der Waals surface area contributed by atoms with Crippen molar-refractivity contribution in [1.82, 2.24) is 24.8 Å². The van der Waals surface area contributed by atoms with E-state index >= 15 is 0 Å². The van der Waals surface area contributed by atoms with Gasteiger partial charge < -0.3 is 4.74 Å². The normalized spacial score (nSPS) is 18.8. The fraction of sp³-hybridized carbons (Fsp3) is 0.273. The lowest BCUT2D eigenvalue weighted by Gasteiger charge is -2.26. The number of amides is 2. The number of carbonyl (C=O) groups excluding carboxylic acids is 2. The van der Waals surface area contributed by atoms with Gasteiger partial charge in [0, 0.05) is 25.2 Å². The minimum atomic E-state index is -0.393. The second kappa shape index (κ2) is 8.62. The number of carbonyl (C=O) groups is 2. The van der Waals surface area contributed by atoms with E-state index in [0.29, 0.717) is 10.6 Å². The first-order valence-electron chi connectivity index (χ1n) is 10.1. The molecular weight excluding hydrogens is 414 g/mol. The number of imide groups is 1. The fourth-order valence-corrected chi connectivity index (χ4v) is 4.38. The molecule has 2 fully saturated rings. The molecule has 5 rings (SSSR count). The molecule has 158 valence electrons. The molecule has 2 saturated heterocycles. The molecule has 8 nitrogen and oxygen atoms in total. The Bertz CT molecular complexity index is 1180. The van der Waals surface area contributed by atoms with Gasteiger partial charge in [0.1, 0.15) is 0 Å². The predicted molar refractivity (Wildman–Crippen MR) is 118 cm³/mol. The van der Waals surface area contributed by atoms with Gasteiger partial charge in [0.25, 0.3) is 11.1 Å². The van der Waals surface area contributed by atoms with Crippen molar-refractivity contribution in [3.8, 4) is 11.3 Å². The molecule has 1 N–H and O–H groups in total. The Balaban J connectivity index is 1.40. The van der Waals surface area contributed by atoms with Crippen LogP contribution in [0.15, 0.2) is 47.5 Å². The van der Waals surface area contributed by atoms with Crippen LogP contribution in [0.1, 0.15) is 11.3 Å². The number of hydrogen-bond acceptors (Lipinski definition) is 7. The highest BCUT2D eigenvalue weighted by molar-refractivity contribution is 8.18. The highest BCUT2D eigenvalue weighted by Gasteiger charge is 2.25. The maximum absolute atomic E-state index is 11.8. The number of ether oxygens (including phenoxy) is 1. The van der Waals surface area contributed by atoms with Gasteiger partial charge >= 0.3 is 0 Å². The highest BCUT2D eigenvalue weighted by Crippen LogP contribution is 2.26. The molecule has 2 aliphatic rings. The fourth-order valence-electron chi connectivity index (χ4n) is 3.71. The van der Waals surface area contributed by atoms with Crippen molar-refractivity contribution in [2.45, 2.75) is 6.42 Å². The van der Waals surface area contributed by atoms with E-state index in [0.717, 1.165) is 67.9 Å². The molecule has 0 spiro atoms. The molecule has 1 aromatic carbocycles. The Kier molecular flexibility index (Phi) is 5.54. The van der Waals surface area contributed by atoms with Crippen LogP contribution in [0, 0.1) is 0 Å². The van der Waals surface area contributed by atoms with Crippen molar-refractivity contribution in [3.63, 3.8) is 0 Å². The molecular formula is C22H21N5O3S. The maximum atomic E-state index is 11.8. The lowest BCUT2D eigenvalue weighted by molar-refractivity contribution is -0.115. The summed E-state index contributed by atoms with van der Waals surface area (Å²) in [5, 5.41) is 6.53. The molecule has 0 bridgehead atoms. The number of imidazole rings is 1. The largest absolute Gasteiger partial charge is 0.379 e. The van der Waals surface area contributed by atoms with Crippen LogP contribution in [0.3, 0.4) is 0 Å². The number of rotatable bonds is 5. The third-order valence-electron chi connectivity index (χ3n) is 5.35. The van der Waals surface area contributed by atoms with Crippen molar-refractivity contribution < 1.29 is 14.3 Å². The molecule has 9 heteroatoms. The number of nitrogens with one attached hydrogen (secondary N) is 1. The molecule has 31 heavy (non-hydrogen) atoms. The van der Waals surface area contributed by atoms with Gasteiger partial charge in [0.05, 0.1) is 35.7 Å². The Morgan fingerprint density at radius 3 is 2.84 bits per heavy atom. The SMILES string of the molecule is O=C1NC(=O)C(=Cc2ccc3ncc(-c4cccc(CCN5CCOCC5)c4)n3n2)S1. The summed E-state index contributed by atoms with van der Waals surface area (Å²) in [5.41, 5.74) is 4.48. The van der Waals surface area contributed by atoms with Crippen molar-refractivity contribution >= 4 is 34.6 Å². The highest BCUT2D eigenvalue weighted by atomic mass is 32.2. The smallest absolute Gasteiger partial charge is 0.290 e. The third-order valence-corrected chi connectivity index (χ3v) is 6.16. The van der Waals surface area contributed by atoms with Gasteiger partial charge in [0.2, 0.25) is 0 Å². The lowest BCUT2D eigenvalue weighted by Crippen LogP contribution is -2.37. The number of morpholine rings is 1. The molecule has 0 aliphatic carbocycles. The molecule has 0 radical (unpaired) electrons. The van der Waals surface area contributed by atoms with Crippen molar-refractivity contribution in [2.24, 2.45) is 0 Å². The summed E-state index contributed by atoms with van der Waals surface area (Å²) >= 11 is 0.880. The minimum absolute atomic E-state index is 0.337. The minimum Gasteiger partial charge on any atom is -0.379 e. The quantitative estimate of drug-likeness (QED) is 0.616. The molecule has 0 atom stereocenters. The van der Waals surface area contributed by atoms with Crippen LogP contribution in [-0.4, -0.2) is 63.5 Å². The Hall–Kier alpha value is -3.01. The van der Waals surface area contributed by atoms with Gasteiger partial charge in [-0.2, -0.15) is 5.10 Å². The predicted octanol–water partition coefficient (Wildman–Crippen LogP) is 2.59. The number of benzene rings is 1. The van der Waals surface area contributed by atoms with Gasteiger partial charge in [-0.15, -0.1) is 0 Å². The molecule has 4 heterocycles. The van der Waals surface area contributed by atoms with E-state index in [4.69, 9.17) is 4.74 Å². The first-order chi connectivity index (χ1) is 15.2. The van der Waals surface area contributed by atoms with E-state index in [1.165, 1.54) is 5.56 Å². The number of fused-ring (bicyclic) bond motifs is 1. The summed E-state index contributed by atoms with van der Waals surface area (Å²) in [4.78, 5) is 30.4.